The largest absolute Gasteiger partial charge is 0.490 e. The number of aliphatic hydroxyl groups is 1. The summed E-state index contributed by atoms with van der Waals surface area (Å²) in [5.41, 5.74) is 2.20. The zero-order valence-electron chi connectivity index (χ0n) is 11.7. The van der Waals surface area contributed by atoms with Crippen LogP contribution in [0.2, 0.25) is 0 Å². The number of aryl methyl sites for hydroxylation is 2. The molecule has 0 aliphatic heterocycles. The smallest absolute Gasteiger partial charge is 0.121 e. The summed E-state index contributed by atoms with van der Waals surface area (Å²) in [6, 6.07) is 15.6. The first-order valence-corrected chi connectivity index (χ1v) is 6.46. The average Bonchev–Trinajstić information content (AvgIpc) is 2.37. The van der Waals surface area contributed by atoms with E-state index in [4.69, 9.17) is 4.74 Å². The van der Waals surface area contributed by atoms with E-state index in [1.807, 2.05) is 56.3 Å². The van der Waals surface area contributed by atoms with Crippen LogP contribution in [0.4, 0.5) is 0 Å². The molecule has 19 heavy (non-hydrogen) atoms. The lowest BCUT2D eigenvalue weighted by molar-refractivity contribution is 0.00756. The van der Waals surface area contributed by atoms with Crippen LogP contribution in [-0.2, 0) is 5.60 Å². The molecular weight excluding hydrogens is 236 g/mol. The quantitative estimate of drug-likeness (QED) is 0.905. The van der Waals surface area contributed by atoms with Gasteiger partial charge in [-0.3, -0.25) is 0 Å². The van der Waals surface area contributed by atoms with Gasteiger partial charge in [-0.1, -0.05) is 36.4 Å². The second-order valence-corrected chi connectivity index (χ2v) is 5.25. The summed E-state index contributed by atoms with van der Waals surface area (Å²) in [4.78, 5) is 0. The Bertz CT molecular complexity index is 524. The monoisotopic (exact) mass is 256 g/mol. The van der Waals surface area contributed by atoms with Gasteiger partial charge in [-0.2, -0.15) is 0 Å². The Balaban J connectivity index is 2.09. The molecule has 1 atom stereocenters. The summed E-state index contributed by atoms with van der Waals surface area (Å²) < 4.78 is 5.74. The van der Waals surface area contributed by atoms with Gasteiger partial charge in [0, 0.05) is 0 Å². The minimum atomic E-state index is -0.987. The van der Waals surface area contributed by atoms with E-state index in [2.05, 4.69) is 6.07 Å². The molecule has 2 aromatic carbocycles. The maximum Gasteiger partial charge on any atom is 0.121 e. The van der Waals surface area contributed by atoms with Crippen molar-refractivity contribution < 1.29 is 9.84 Å². The molecule has 0 spiro atoms. The number of hydrogen-bond acceptors (Lipinski definition) is 2. The number of ether oxygens (including phenoxy) is 1. The van der Waals surface area contributed by atoms with Gasteiger partial charge in [0.25, 0.3) is 0 Å². The van der Waals surface area contributed by atoms with Gasteiger partial charge < -0.3 is 9.84 Å². The second kappa shape index (κ2) is 5.45. The molecule has 0 aliphatic carbocycles. The summed E-state index contributed by atoms with van der Waals surface area (Å²) in [7, 11) is 0. The highest BCUT2D eigenvalue weighted by Crippen LogP contribution is 2.23. The lowest BCUT2D eigenvalue weighted by Crippen LogP contribution is -2.29. The molecule has 0 aromatic heterocycles. The highest BCUT2D eigenvalue weighted by molar-refractivity contribution is 5.33. The van der Waals surface area contributed by atoms with Gasteiger partial charge in [0.2, 0.25) is 0 Å². The third-order valence-electron chi connectivity index (χ3n) is 3.11. The highest BCUT2D eigenvalue weighted by Gasteiger charge is 2.23. The van der Waals surface area contributed by atoms with Gasteiger partial charge in [-0.05, 0) is 49.6 Å². The Morgan fingerprint density at radius 3 is 2.16 bits per heavy atom. The van der Waals surface area contributed by atoms with Crippen molar-refractivity contribution in [2.24, 2.45) is 0 Å². The molecular formula is C17H20O2. The van der Waals surface area contributed by atoms with Crippen LogP contribution < -0.4 is 4.74 Å². The zero-order valence-corrected chi connectivity index (χ0v) is 11.7. The molecule has 0 bridgehead atoms. The minimum absolute atomic E-state index is 0.236. The Kier molecular flexibility index (Phi) is 3.91. The molecule has 0 aliphatic rings. The van der Waals surface area contributed by atoms with Crippen molar-refractivity contribution in [2.45, 2.75) is 26.4 Å². The summed E-state index contributed by atoms with van der Waals surface area (Å²) >= 11 is 0. The van der Waals surface area contributed by atoms with Crippen molar-refractivity contribution in [1.82, 2.24) is 0 Å². The van der Waals surface area contributed by atoms with Crippen LogP contribution >= 0.6 is 0 Å². The number of benzene rings is 2. The molecule has 2 aromatic rings. The summed E-state index contributed by atoms with van der Waals surface area (Å²) in [6.45, 7) is 6.08. The maximum atomic E-state index is 10.5. The predicted octanol–water partition coefficient (Wildman–Crippen LogP) is 3.59. The maximum absolute atomic E-state index is 10.5. The second-order valence-electron chi connectivity index (χ2n) is 5.25. The van der Waals surface area contributed by atoms with Crippen molar-refractivity contribution >= 4 is 0 Å². The SMILES string of the molecule is Cc1cc(C)cc(OCC(C)(O)c2ccccc2)c1. The molecule has 100 valence electrons. The van der Waals surface area contributed by atoms with E-state index < -0.39 is 5.60 Å². The molecule has 2 heteroatoms. The molecule has 0 radical (unpaired) electrons. The summed E-state index contributed by atoms with van der Waals surface area (Å²) in [5, 5.41) is 10.5. The number of hydrogen-bond donors (Lipinski definition) is 1. The van der Waals surface area contributed by atoms with Crippen LogP contribution in [0.15, 0.2) is 48.5 Å². The Hall–Kier alpha value is -1.80. The fourth-order valence-electron chi connectivity index (χ4n) is 2.12. The van der Waals surface area contributed by atoms with Crippen molar-refractivity contribution in [3.63, 3.8) is 0 Å². The molecule has 2 rings (SSSR count). The van der Waals surface area contributed by atoms with E-state index >= 15 is 0 Å². The average molecular weight is 256 g/mol. The third-order valence-corrected chi connectivity index (χ3v) is 3.11. The van der Waals surface area contributed by atoms with E-state index in [-0.39, 0.29) is 6.61 Å². The predicted molar refractivity (Wildman–Crippen MR) is 77.4 cm³/mol. The molecule has 2 nitrogen and oxygen atoms in total. The Morgan fingerprint density at radius 1 is 1.00 bits per heavy atom. The highest BCUT2D eigenvalue weighted by atomic mass is 16.5. The van der Waals surface area contributed by atoms with Crippen LogP contribution in [0.1, 0.15) is 23.6 Å². The van der Waals surface area contributed by atoms with E-state index in [0.29, 0.717) is 0 Å². The van der Waals surface area contributed by atoms with Crippen molar-refractivity contribution in [3.05, 3.63) is 65.2 Å². The Labute approximate surface area is 114 Å². The molecule has 0 heterocycles. The molecule has 1 N–H and O–H groups in total. The van der Waals surface area contributed by atoms with Crippen LogP contribution in [0.5, 0.6) is 5.75 Å². The van der Waals surface area contributed by atoms with E-state index in [1.165, 1.54) is 0 Å². The van der Waals surface area contributed by atoms with Crippen molar-refractivity contribution in [3.8, 4) is 5.75 Å². The van der Waals surface area contributed by atoms with Crippen molar-refractivity contribution in [2.75, 3.05) is 6.61 Å². The van der Waals surface area contributed by atoms with Crippen molar-refractivity contribution in [1.29, 1.82) is 0 Å². The molecule has 0 fully saturated rings. The molecule has 1 unspecified atom stereocenters. The lowest BCUT2D eigenvalue weighted by Gasteiger charge is -2.24. The van der Waals surface area contributed by atoms with Crippen LogP contribution in [0.25, 0.3) is 0 Å². The Morgan fingerprint density at radius 2 is 1.58 bits per heavy atom. The van der Waals surface area contributed by atoms with Gasteiger partial charge in [-0.25, -0.2) is 0 Å². The standard InChI is InChI=1S/C17H20O2/c1-13-9-14(2)11-16(10-13)19-12-17(3,18)15-7-5-4-6-8-15/h4-11,18H,12H2,1-3H3. The van der Waals surface area contributed by atoms with E-state index in [1.54, 1.807) is 6.92 Å². The van der Waals surface area contributed by atoms with Gasteiger partial charge >= 0.3 is 0 Å². The van der Waals surface area contributed by atoms with E-state index in [0.717, 1.165) is 22.4 Å². The molecule has 0 amide bonds. The first kappa shape index (κ1) is 13.6. The first-order valence-electron chi connectivity index (χ1n) is 6.46. The minimum Gasteiger partial charge on any atom is -0.490 e. The van der Waals surface area contributed by atoms with Gasteiger partial charge in [0.1, 0.15) is 18.0 Å². The zero-order chi connectivity index (χ0) is 13.9. The lowest BCUT2D eigenvalue weighted by atomic mass is 9.97. The van der Waals surface area contributed by atoms with Crippen LogP contribution in [0, 0.1) is 13.8 Å². The fraction of sp³-hybridized carbons (Fsp3) is 0.294. The van der Waals surface area contributed by atoms with Gasteiger partial charge in [0.15, 0.2) is 0 Å². The summed E-state index contributed by atoms with van der Waals surface area (Å²) in [6.07, 6.45) is 0. The number of rotatable bonds is 4. The third kappa shape index (κ3) is 3.58. The van der Waals surface area contributed by atoms with Gasteiger partial charge in [-0.15, -0.1) is 0 Å². The van der Waals surface area contributed by atoms with E-state index in [9.17, 15) is 5.11 Å². The first-order chi connectivity index (χ1) is 8.97. The fourth-order valence-corrected chi connectivity index (χ4v) is 2.12. The normalized spacial score (nSPS) is 13.9. The van der Waals surface area contributed by atoms with Crippen LogP contribution in [-0.4, -0.2) is 11.7 Å². The molecule has 0 saturated carbocycles. The van der Waals surface area contributed by atoms with Gasteiger partial charge in [0.05, 0.1) is 0 Å². The topological polar surface area (TPSA) is 29.5 Å². The molecule has 0 saturated heterocycles. The van der Waals surface area contributed by atoms with Crippen LogP contribution in [0.3, 0.4) is 0 Å². The summed E-state index contributed by atoms with van der Waals surface area (Å²) in [5.74, 6) is 0.800.